The van der Waals surface area contributed by atoms with E-state index in [9.17, 15) is 9.18 Å². The summed E-state index contributed by atoms with van der Waals surface area (Å²) in [7, 11) is 0. The molecule has 0 unspecified atom stereocenters. The van der Waals surface area contributed by atoms with Crippen LogP contribution in [0.4, 0.5) is 4.39 Å². The van der Waals surface area contributed by atoms with Crippen LogP contribution in [0.25, 0.3) is 0 Å². The highest BCUT2D eigenvalue weighted by molar-refractivity contribution is 5.85. The quantitative estimate of drug-likeness (QED) is 0.376. The van der Waals surface area contributed by atoms with Crippen molar-refractivity contribution in [2.45, 2.75) is 25.7 Å². The molecule has 0 aliphatic heterocycles. The monoisotopic (exact) mass is 190 g/mol. The smallest absolute Gasteiger partial charge is 0.366 e. The molecule has 13 heavy (non-hydrogen) atoms. The Bertz CT molecular complexity index is 168. The molecule has 1 N–H and O–H groups in total. The molecule has 0 radical (unpaired) electrons. The molecule has 0 atom stereocenters. The fraction of sp³-hybridized carbons (Fsp3) is 0.667. The van der Waals surface area contributed by atoms with Gasteiger partial charge in [-0.25, -0.2) is 4.79 Å². The molecule has 0 aromatic rings. The number of unbranched alkanes of at least 4 members (excludes halogenated alkanes) is 3. The lowest BCUT2D eigenvalue weighted by atomic mass is 10.2. The van der Waals surface area contributed by atoms with E-state index in [-0.39, 0.29) is 13.2 Å². The van der Waals surface area contributed by atoms with E-state index in [4.69, 9.17) is 5.11 Å². The summed E-state index contributed by atoms with van der Waals surface area (Å²) >= 11 is 0. The van der Waals surface area contributed by atoms with E-state index in [0.717, 1.165) is 19.3 Å². The van der Waals surface area contributed by atoms with Crippen LogP contribution in [0, 0.1) is 0 Å². The molecule has 0 aromatic heterocycles. The minimum absolute atomic E-state index is 0.182. The minimum atomic E-state index is -1.06. The highest BCUT2D eigenvalue weighted by Crippen LogP contribution is 2.01. The third-order valence-electron chi connectivity index (χ3n) is 1.51. The summed E-state index contributed by atoms with van der Waals surface area (Å²) in [6, 6.07) is 0. The molecule has 0 heterocycles. The van der Waals surface area contributed by atoms with Crippen molar-refractivity contribution in [3.05, 3.63) is 12.4 Å². The van der Waals surface area contributed by atoms with Gasteiger partial charge in [0.25, 0.3) is 0 Å². The van der Waals surface area contributed by atoms with Crippen molar-refractivity contribution in [1.29, 1.82) is 0 Å². The summed E-state index contributed by atoms with van der Waals surface area (Å²) in [5, 5.41) is 8.44. The number of aliphatic hydroxyl groups excluding tert-OH is 1. The predicted octanol–water partition coefficient (Wildman–Crippen LogP) is 1.57. The number of aliphatic hydroxyl groups is 1. The number of esters is 1. The summed E-state index contributed by atoms with van der Waals surface area (Å²) < 4.78 is 16.5. The van der Waals surface area contributed by atoms with E-state index in [2.05, 4.69) is 11.3 Å². The fourth-order valence-corrected chi connectivity index (χ4v) is 0.811. The molecule has 0 spiro atoms. The van der Waals surface area contributed by atoms with E-state index in [1.54, 1.807) is 0 Å². The van der Waals surface area contributed by atoms with E-state index < -0.39 is 11.8 Å². The van der Waals surface area contributed by atoms with Crippen molar-refractivity contribution in [3.8, 4) is 0 Å². The topological polar surface area (TPSA) is 46.5 Å². The van der Waals surface area contributed by atoms with Crippen molar-refractivity contribution in [1.82, 2.24) is 0 Å². The molecule has 0 bridgehead atoms. The summed E-state index contributed by atoms with van der Waals surface area (Å²) in [6.45, 7) is 3.21. The molecule has 0 rings (SSSR count). The van der Waals surface area contributed by atoms with Crippen molar-refractivity contribution < 1.29 is 19.0 Å². The van der Waals surface area contributed by atoms with Gasteiger partial charge in [0.15, 0.2) is 0 Å². The van der Waals surface area contributed by atoms with Gasteiger partial charge in [0.1, 0.15) is 0 Å². The van der Waals surface area contributed by atoms with Gasteiger partial charge in [-0.2, -0.15) is 4.39 Å². The van der Waals surface area contributed by atoms with Crippen molar-refractivity contribution in [2.24, 2.45) is 0 Å². The van der Waals surface area contributed by atoms with Gasteiger partial charge < -0.3 is 9.84 Å². The first-order valence-electron chi connectivity index (χ1n) is 4.31. The third-order valence-corrected chi connectivity index (χ3v) is 1.51. The molecule has 0 fully saturated rings. The van der Waals surface area contributed by atoms with Crippen molar-refractivity contribution in [2.75, 3.05) is 13.2 Å². The van der Waals surface area contributed by atoms with Crippen LogP contribution in [0.5, 0.6) is 0 Å². The average Bonchev–Trinajstić information content (AvgIpc) is 2.10. The number of carbonyl (C=O) groups is 1. The van der Waals surface area contributed by atoms with E-state index in [0.29, 0.717) is 6.42 Å². The van der Waals surface area contributed by atoms with Gasteiger partial charge in [0.2, 0.25) is 5.83 Å². The highest BCUT2D eigenvalue weighted by atomic mass is 19.1. The second kappa shape index (κ2) is 7.73. The predicted molar refractivity (Wildman–Crippen MR) is 46.8 cm³/mol. The van der Waals surface area contributed by atoms with Gasteiger partial charge in [-0.1, -0.05) is 13.0 Å². The van der Waals surface area contributed by atoms with Gasteiger partial charge in [0, 0.05) is 6.61 Å². The number of ether oxygens (including phenoxy) is 1. The van der Waals surface area contributed by atoms with E-state index in [1.165, 1.54) is 0 Å². The fourth-order valence-electron chi connectivity index (χ4n) is 0.811. The summed E-state index contributed by atoms with van der Waals surface area (Å²) in [6.07, 6.45) is 3.21. The van der Waals surface area contributed by atoms with E-state index >= 15 is 0 Å². The molecule has 0 saturated heterocycles. The van der Waals surface area contributed by atoms with Crippen LogP contribution in [0.1, 0.15) is 25.7 Å². The van der Waals surface area contributed by atoms with Gasteiger partial charge in [-0.05, 0) is 19.3 Å². The molecule has 3 nitrogen and oxygen atoms in total. The first-order chi connectivity index (χ1) is 6.18. The maximum Gasteiger partial charge on any atom is 0.366 e. The Labute approximate surface area is 77.2 Å². The first-order valence-corrected chi connectivity index (χ1v) is 4.31. The normalized spacial score (nSPS) is 9.69. The zero-order valence-corrected chi connectivity index (χ0v) is 7.59. The molecule has 0 aliphatic carbocycles. The van der Waals surface area contributed by atoms with Crippen molar-refractivity contribution >= 4 is 5.97 Å². The van der Waals surface area contributed by atoms with Crippen LogP contribution < -0.4 is 0 Å². The van der Waals surface area contributed by atoms with Gasteiger partial charge in [0.05, 0.1) is 6.61 Å². The zero-order chi connectivity index (χ0) is 10.1. The second-order valence-electron chi connectivity index (χ2n) is 2.68. The Morgan fingerprint density at radius 3 is 2.46 bits per heavy atom. The SMILES string of the molecule is C=C(F)C(=O)OCCCCCCO. The van der Waals surface area contributed by atoms with Gasteiger partial charge in [-0.3, -0.25) is 0 Å². The van der Waals surface area contributed by atoms with Crippen LogP contribution in [0.2, 0.25) is 0 Å². The third kappa shape index (κ3) is 7.46. The van der Waals surface area contributed by atoms with Gasteiger partial charge in [-0.15, -0.1) is 0 Å². The van der Waals surface area contributed by atoms with Crippen LogP contribution in [-0.2, 0) is 9.53 Å². The van der Waals surface area contributed by atoms with Crippen LogP contribution >= 0.6 is 0 Å². The summed E-state index contributed by atoms with van der Waals surface area (Å²) in [4.78, 5) is 10.5. The number of halogens is 1. The lowest BCUT2D eigenvalue weighted by Crippen LogP contribution is -2.05. The number of hydrogen-bond acceptors (Lipinski definition) is 3. The molecule has 0 aromatic carbocycles. The van der Waals surface area contributed by atoms with E-state index in [1.807, 2.05) is 0 Å². The molecular weight excluding hydrogens is 175 g/mol. The summed E-state index contributed by atoms with van der Waals surface area (Å²) in [5.41, 5.74) is 0. The maximum atomic E-state index is 12.0. The highest BCUT2D eigenvalue weighted by Gasteiger charge is 2.05. The molecule has 76 valence electrons. The molecule has 4 heteroatoms. The van der Waals surface area contributed by atoms with Crippen LogP contribution in [0.3, 0.4) is 0 Å². The Balaban J connectivity index is 3.16. The first kappa shape index (κ1) is 12.1. The average molecular weight is 190 g/mol. The lowest BCUT2D eigenvalue weighted by molar-refractivity contribution is -0.140. The molecule has 0 saturated carbocycles. The van der Waals surface area contributed by atoms with Gasteiger partial charge >= 0.3 is 5.97 Å². The molecule has 0 aliphatic rings. The largest absolute Gasteiger partial charge is 0.460 e. The zero-order valence-electron chi connectivity index (χ0n) is 7.59. The maximum absolute atomic E-state index is 12.0. The minimum Gasteiger partial charge on any atom is -0.460 e. The number of hydrogen-bond donors (Lipinski definition) is 1. The Kier molecular flexibility index (Phi) is 7.20. The Hall–Kier alpha value is -0.900. The lowest BCUT2D eigenvalue weighted by Gasteiger charge is -2.01. The standard InChI is InChI=1S/C9H15FO3/c1-8(10)9(12)13-7-5-3-2-4-6-11/h11H,1-7H2. The second-order valence-corrected chi connectivity index (χ2v) is 2.68. The number of rotatable bonds is 7. The van der Waals surface area contributed by atoms with Crippen LogP contribution in [0.15, 0.2) is 12.4 Å². The molecular formula is C9H15FO3. The summed E-state index contributed by atoms with van der Waals surface area (Å²) in [5.74, 6) is -2.04. The number of carbonyl (C=O) groups excluding carboxylic acids is 1. The Morgan fingerprint density at radius 2 is 1.92 bits per heavy atom. The van der Waals surface area contributed by atoms with Crippen LogP contribution in [-0.4, -0.2) is 24.3 Å². The molecule has 0 amide bonds. The Morgan fingerprint density at radius 1 is 1.31 bits per heavy atom. The van der Waals surface area contributed by atoms with Crippen molar-refractivity contribution in [3.63, 3.8) is 0 Å².